The molecule has 3 heterocycles. The quantitative estimate of drug-likeness (QED) is 0.336. The van der Waals surface area contributed by atoms with Crippen LogP contribution < -0.4 is 0 Å². The van der Waals surface area contributed by atoms with Gasteiger partial charge < -0.3 is 0 Å². The Morgan fingerprint density at radius 2 is 1.45 bits per heavy atom. The molecule has 0 unspecified atom stereocenters. The van der Waals surface area contributed by atoms with Crippen LogP contribution in [-0.4, -0.2) is 30.0 Å². The van der Waals surface area contributed by atoms with Crippen LogP contribution in [0.15, 0.2) is 54.6 Å². The van der Waals surface area contributed by atoms with E-state index >= 15 is 0 Å². The molecule has 0 aliphatic heterocycles. The molecule has 0 fully saturated rings. The SMILES string of the molecule is CC(C)(C)c1cc(-c2nn3c(-c4cc(-c5ccccc5)n[nH]4)nnc3s2)cc(C(C)(C)C)c1. The smallest absolute Gasteiger partial charge is 0.235 e. The molecule has 0 saturated heterocycles. The first-order chi connectivity index (χ1) is 15.6. The molecule has 0 aliphatic carbocycles. The lowest BCUT2D eigenvalue weighted by molar-refractivity contribution is 0.569. The highest BCUT2D eigenvalue weighted by Gasteiger charge is 2.23. The zero-order valence-corrected chi connectivity index (χ0v) is 20.7. The molecule has 168 valence electrons. The largest absolute Gasteiger partial charge is 0.274 e. The van der Waals surface area contributed by atoms with Gasteiger partial charge in [0.2, 0.25) is 10.8 Å². The number of aromatic nitrogens is 6. The summed E-state index contributed by atoms with van der Waals surface area (Å²) >= 11 is 1.55. The molecule has 1 N–H and O–H groups in total. The summed E-state index contributed by atoms with van der Waals surface area (Å²) in [5, 5.41) is 22.2. The third-order valence-corrected chi connectivity index (χ3v) is 6.74. The van der Waals surface area contributed by atoms with Gasteiger partial charge in [0.15, 0.2) is 0 Å². The lowest BCUT2D eigenvalue weighted by Gasteiger charge is -2.25. The Bertz CT molecular complexity index is 1400. The maximum atomic E-state index is 4.91. The van der Waals surface area contributed by atoms with Gasteiger partial charge in [0, 0.05) is 11.1 Å². The third kappa shape index (κ3) is 4.09. The molecule has 3 aromatic heterocycles. The summed E-state index contributed by atoms with van der Waals surface area (Å²) in [4.78, 5) is 0.759. The van der Waals surface area contributed by atoms with Crippen molar-refractivity contribution in [3.8, 4) is 33.3 Å². The van der Waals surface area contributed by atoms with Crippen molar-refractivity contribution in [1.82, 2.24) is 30.0 Å². The summed E-state index contributed by atoms with van der Waals surface area (Å²) in [7, 11) is 0. The minimum atomic E-state index is 0.0455. The average Bonchev–Trinajstić information content (AvgIpc) is 3.48. The van der Waals surface area contributed by atoms with Crippen molar-refractivity contribution in [2.75, 3.05) is 0 Å². The molecule has 7 heteroatoms. The number of H-pyrrole nitrogens is 1. The van der Waals surface area contributed by atoms with E-state index in [-0.39, 0.29) is 10.8 Å². The topological polar surface area (TPSA) is 71.8 Å². The second-order valence-electron chi connectivity index (χ2n) is 10.5. The summed E-state index contributed by atoms with van der Waals surface area (Å²) in [6, 6.07) is 18.9. The first-order valence-electron chi connectivity index (χ1n) is 11.1. The number of nitrogens with zero attached hydrogens (tertiary/aromatic N) is 5. The van der Waals surface area contributed by atoms with E-state index in [4.69, 9.17) is 5.10 Å². The molecular formula is C26H28N6S. The van der Waals surface area contributed by atoms with Crippen molar-refractivity contribution in [1.29, 1.82) is 0 Å². The molecule has 5 rings (SSSR count). The van der Waals surface area contributed by atoms with Crippen molar-refractivity contribution < 1.29 is 0 Å². The van der Waals surface area contributed by atoms with E-state index in [2.05, 4.69) is 80.1 Å². The fourth-order valence-electron chi connectivity index (χ4n) is 3.71. The van der Waals surface area contributed by atoms with Gasteiger partial charge in [-0.2, -0.15) is 14.7 Å². The van der Waals surface area contributed by atoms with E-state index in [0.717, 1.165) is 32.5 Å². The molecule has 0 atom stereocenters. The number of fused-ring (bicyclic) bond motifs is 1. The molecule has 0 aliphatic rings. The van der Waals surface area contributed by atoms with Crippen LogP contribution in [-0.2, 0) is 10.8 Å². The van der Waals surface area contributed by atoms with E-state index < -0.39 is 0 Å². The maximum absolute atomic E-state index is 4.91. The van der Waals surface area contributed by atoms with Gasteiger partial charge >= 0.3 is 0 Å². The molecule has 6 nitrogen and oxygen atoms in total. The molecular weight excluding hydrogens is 428 g/mol. The van der Waals surface area contributed by atoms with Crippen LogP contribution in [0, 0.1) is 0 Å². The zero-order valence-electron chi connectivity index (χ0n) is 19.8. The van der Waals surface area contributed by atoms with Crippen LogP contribution in [0.2, 0.25) is 0 Å². The minimum absolute atomic E-state index is 0.0455. The maximum Gasteiger partial charge on any atom is 0.235 e. The standard InChI is InChI=1S/C26H28N6S/c1-25(2,3)18-12-17(13-19(14-18)26(4,5)6)23-31-32-22(29-30-24(32)33-23)21-15-20(27-28-21)16-10-8-7-9-11-16/h7-15H,1-6H3,(H,27,28). The Hall–Kier alpha value is -3.32. The predicted molar refractivity (Wildman–Crippen MR) is 135 cm³/mol. The highest BCUT2D eigenvalue weighted by Crippen LogP contribution is 2.36. The van der Waals surface area contributed by atoms with Crippen LogP contribution in [0.5, 0.6) is 0 Å². The first kappa shape index (κ1) is 21.5. The zero-order chi connectivity index (χ0) is 23.4. The van der Waals surface area contributed by atoms with Gasteiger partial charge in [0.05, 0.1) is 5.69 Å². The summed E-state index contributed by atoms with van der Waals surface area (Å²) in [5.74, 6) is 0.658. The molecule has 0 bridgehead atoms. The Morgan fingerprint density at radius 1 is 0.788 bits per heavy atom. The molecule has 0 spiro atoms. The van der Waals surface area contributed by atoms with Crippen molar-refractivity contribution >= 4 is 16.3 Å². The first-order valence-corrected chi connectivity index (χ1v) is 11.9. The molecule has 0 saturated carbocycles. The molecule has 33 heavy (non-hydrogen) atoms. The fraction of sp³-hybridized carbons (Fsp3) is 0.308. The number of aromatic amines is 1. The van der Waals surface area contributed by atoms with E-state index in [9.17, 15) is 0 Å². The molecule has 5 aromatic rings. The van der Waals surface area contributed by atoms with Gasteiger partial charge in [0.25, 0.3) is 0 Å². The predicted octanol–water partition coefficient (Wildman–Crippen LogP) is 6.50. The van der Waals surface area contributed by atoms with E-state index in [1.54, 1.807) is 11.3 Å². The van der Waals surface area contributed by atoms with Gasteiger partial charge in [-0.25, -0.2) is 0 Å². The highest BCUT2D eigenvalue weighted by atomic mass is 32.1. The minimum Gasteiger partial charge on any atom is -0.274 e. The van der Waals surface area contributed by atoms with Crippen molar-refractivity contribution in [2.24, 2.45) is 0 Å². The number of hydrogen-bond donors (Lipinski definition) is 1. The van der Waals surface area contributed by atoms with Crippen LogP contribution in [0.3, 0.4) is 0 Å². The third-order valence-electron chi connectivity index (χ3n) is 5.79. The fourth-order valence-corrected chi connectivity index (χ4v) is 4.54. The lowest BCUT2D eigenvalue weighted by Crippen LogP contribution is -2.16. The van der Waals surface area contributed by atoms with Gasteiger partial charge in [-0.15, -0.1) is 10.2 Å². The Labute approximate surface area is 197 Å². The summed E-state index contributed by atoms with van der Waals surface area (Å²) in [6.07, 6.45) is 0. The Kier molecular flexibility index (Phi) is 4.97. The average molecular weight is 457 g/mol. The van der Waals surface area contributed by atoms with Crippen LogP contribution >= 0.6 is 11.3 Å². The summed E-state index contributed by atoms with van der Waals surface area (Å²) in [5.41, 5.74) is 6.52. The van der Waals surface area contributed by atoms with Crippen molar-refractivity contribution in [3.63, 3.8) is 0 Å². The molecule has 0 amide bonds. The van der Waals surface area contributed by atoms with Crippen LogP contribution in [0.4, 0.5) is 0 Å². The van der Waals surface area contributed by atoms with Crippen molar-refractivity contribution in [3.05, 3.63) is 65.7 Å². The van der Waals surface area contributed by atoms with Crippen LogP contribution in [0.1, 0.15) is 52.7 Å². The monoisotopic (exact) mass is 456 g/mol. The van der Waals surface area contributed by atoms with E-state index in [1.165, 1.54) is 11.1 Å². The highest BCUT2D eigenvalue weighted by molar-refractivity contribution is 7.19. The van der Waals surface area contributed by atoms with Crippen molar-refractivity contribution in [2.45, 2.75) is 52.4 Å². The Morgan fingerprint density at radius 3 is 2.09 bits per heavy atom. The lowest BCUT2D eigenvalue weighted by atomic mass is 9.79. The summed E-state index contributed by atoms with van der Waals surface area (Å²) in [6.45, 7) is 13.5. The second-order valence-corrected chi connectivity index (χ2v) is 11.4. The number of benzene rings is 2. The number of hydrogen-bond acceptors (Lipinski definition) is 5. The van der Waals surface area contributed by atoms with Gasteiger partial charge in [-0.1, -0.05) is 89.3 Å². The second kappa shape index (κ2) is 7.63. The van der Waals surface area contributed by atoms with Gasteiger partial charge in [0.1, 0.15) is 10.7 Å². The Balaban J connectivity index is 1.58. The molecule has 2 aromatic carbocycles. The van der Waals surface area contributed by atoms with E-state index in [1.807, 2.05) is 40.9 Å². The number of nitrogens with one attached hydrogen (secondary N) is 1. The van der Waals surface area contributed by atoms with Crippen LogP contribution in [0.25, 0.3) is 38.3 Å². The molecule has 0 radical (unpaired) electrons. The number of rotatable bonds is 3. The normalized spacial score (nSPS) is 12.5. The summed E-state index contributed by atoms with van der Waals surface area (Å²) < 4.78 is 1.81. The van der Waals surface area contributed by atoms with Gasteiger partial charge in [-0.3, -0.25) is 5.10 Å². The van der Waals surface area contributed by atoms with E-state index in [0.29, 0.717) is 5.82 Å². The van der Waals surface area contributed by atoms with Gasteiger partial charge in [-0.05, 0) is 40.2 Å².